The largest absolute Gasteiger partial charge is 0.278 e. The van der Waals surface area contributed by atoms with E-state index in [9.17, 15) is 13.7 Å². The van der Waals surface area contributed by atoms with Crippen molar-refractivity contribution in [3.05, 3.63) is 47.3 Å². The summed E-state index contributed by atoms with van der Waals surface area (Å²) in [6.07, 6.45) is 1.06. The highest BCUT2D eigenvalue weighted by Gasteiger charge is 2.30. The Kier molecular flexibility index (Phi) is 6.17. The number of nitriles is 1. The van der Waals surface area contributed by atoms with Gasteiger partial charge in [-0.3, -0.25) is 9.82 Å². The van der Waals surface area contributed by atoms with E-state index in [1.54, 1.807) is 0 Å². The summed E-state index contributed by atoms with van der Waals surface area (Å²) in [4.78, 5) is 0. The van der Waals surface area contributed by atoms with E-state index < -0.39 is 15.4 Å². The molecule has 174 valence electrons. The zero-order chi connectivity index (χ0) is 24.6. The lowest BCUT2D eigenvalue weighted by Gasteiger charge is -2.16. The van der Waals surface area contributed by atoms with E-state index in [1.165, 1.54) is 4.68 Å². The van der Waals surface area contributed by atoms with Gasteiger partial charge in [0.25, 0.3) is 0 Å². The van der Waals surface area contributed by atoms with Crippen molar-refractivity contribution in [2.75, 3.05) is 11.0 Å². The van der Waals surface area contributed by atoms with Crippen LogP contribution in [0.5, 0.6) is 0 Å². The Bertz CT molecular complexity index is 1330. The zero-order valence-electron chi connectivity index (χ0n) is 19.8. The van der Waals surface area contributed by atoms with Crippen molar-refractivity contribution >= 4 is 27.3 Å². The van der Waals surface area contributed by atoms with Gasteiger partial charge in [-0.2, -0.15) is 15.5 Å². The Morgan fingerprint density at radius 2 is 1.70 bits per heavy atom. The second kappa shape index (κ2) is 8.44. The van der Waals surface area contributed by atoms with E-state index in [2.05, 4.69) is 36.3 Å². The molecule has 0 bridgehead atoms. The van der Waals surface area contributed by atoms with E-state index >= 15 is 0 Å². The topological polar surface area (TPSA) is 141 Å². The molecule has 0 aliphatic heterocycles. The van der Waals surface area contributed by atoms with E-state index in [1.807, 2.05) is 71.9 Å². The van der Waals surface area contributed by atoms with Crippen LogP contribution in [-0.4, -0.2) is 34.7 Å². The van der Waals surface area contributed by atoms with E-state index in [0.29, 0.717) is 17.1 Å². The first-order valence-electron chi connectivity index (χ1n) is 10.3. The molecular weight excluding hydrogens is 440 g/mol. The number of para-hydroxylation sites is 1. The fraction of sp³-hybridized carbons (Fsp3) is 0.409. The van der Waals surface area contributed by atoms with Crippen LogP contribution in [0.4, 0.5) is 17.3 Å². The number of nitrogens with zero attached hydrogens (tertiary/aromatic N) is 6. The quantitative estimate of drug-likeness (QED) is 0.515. The predicted molar refractivity (Wildman–Crippen MR) is 127 cm³/mol. The minimum Gasteiger partial charge on any atom is -0.278 e. The molecule has 0 aliphatic rings. The molecule has 0 atom stereocenters. The lowest BCUT2D eigenvalue weighted by molar-refractivity contribution is 0.561. The molecule has 0 saturated heterocycles. The summed E-state index contributed by atoms with van der Waals surface area (Å²) in [7, 11) is -3.66. The third-order valence-corrected chi connectivity index (χ3v) is 5.27. The lowest BCUT2D eigenvalue weighted by Crippen LogP contribution is -2.13. The van der Waals surface area contributed by atoms with Crippen molar-refractivity contribution in [2.24, 2.45) is 10.2 Å². The number of anilines is 1. The summed E-state index contributed by atoms with van der Waals surface area (Å²) < 4.78 is 28.4. The Balaban J connectivity index is 2.26. The Labute approximate surface area is 193 Å². The van der Waals surface area contributed by atoms with Gasteiger partial charge < -0.3 is 0 Å². The van der Waals surface area contributed by atoms with E-state index in [0.717, 1.165) is 6.26 Å². The first kappa shape index (κ1) is 24.1. The first-order valence-corrected chi connectivity index (χ1v) is 12.2. The molecule has 0 fully saturated rings. The number of sulfonamides is 1. The van der Waals surface area contributed by atoms with Crippen LogP contribution in [0.15, 0.2) is 40.6 Å². The van der Waals surface area contributed by atoms with Crippen LogP contribution in [-0.2, 0) is 20.9 Å². The minimum atomic E-state index is -3.66. The normalized spacial score (nSPS) is 12.8. The molecule has 2 N–H and O–H groups in total. The molecule has 0 aliphatic carbocycles. The van der Waals surface area contributed by atoms with Gasteiger partial charge >= 0.3 is 0 Å². The number of aromatic amines is 1. The molecule has 10 nitrogen and oxygen atoms in total. The summed E-state index contributed by atoms with van der Waals surface area (Å²) in [6.45, 7) is 11.7. The molecule has 0 amide bonds. The van der Waals surface area contributed by atoms with Crippen LogP contribution < -0.4 is 4.72 Å². The second-order valence-electron chi connectivity index (χ2n) is 9.78. The van der Waals surface area contributed by atoms with Crippen LogP contribution in [0, 0.1) is 11.3 Å². The summed E-state index contributed by atoms with van der Waals surface area (Å²) >= 11 is 0. The van der Waals surface area contributed by atoms with Crippen molar-refractivity contribution in [2.45, 2.75) is 52.4 Å². The summed E-state index contributed by atoms with van der Waals surface area (Å²) in [5, 5.41) is 30.0. The van der Waals surface area contributed by atoms with Crippen LogP contribution in [0.2, 0.25) is 0 Å². The molecule has 1 aromatic carbocycles. The highest BCUT2D eigenvalue weighted by Crippen LogP contribution is 2.40. The lowest BCUT2D eigenvalue weighted by atomic mass is 9.90. The van der Waals surface area contributed by atoms with Gasteiger partial charge in [-0.25, -0.2) is 13.1 Å². The molecule has 11 heteroatoms. The number of nitrogens with one attached hydrogen (secondary N) is 2. The number of azo groups is 1. The first-order chi connectivity index (χ1) is 15.2. The molecule has 2 heterocycles. The predicted octanol–water partition coefficient (Wildman–Crippen LogP) is 4.85. The third kappa shape index (κ3) is 5.28. The molecule has 3 aromatic rings. The van der Waals surface area contributed by atoms with Gasteiger partial charge in [-0.1, -0.05) is 59.7 Å². The minimum absolute atomic E-state index is 0.125. The molecule has 33 heavy (non-hydrogen) atoms. The molecule has 0 radical (unpaired) electrons. The molecular formula is C22H28N8O2S. The Morgan fingerprint density at radius 1 is 1.06 bits per heavy atom. The average Bonchev–Trinajstić information content (AvgIpc) is 3.26. The van der Waals surface area contributed by atoms with Gasteiger partial charge in [0.1, 0.15) is 11.6 Å². The maximum atomic E-state index is 12.2. The average molecular weight is 469 g/mol. The highest BCUT2D eigenvalue weighted by molar-refractivity contribution is 7.92. The number of H-pyrrole nitrogens is 1. The maximum Gasteiger partial charge on any atom is 0.231 e. The van der Waals surface area contributed by atoms with Crippen molar-refractivity contribution < 1.29 is 8.42 Å². The molecule has 0 saturated carbocycles. The van der Waals surface area contributed by atoms with Gasteiger partial charge in [0.05, 0.1) is 23.3 Å². The van der Waals surface area contributed by atoms with Gasteiger partial charge in [0, 0.05) is 10.8 Å². The van der Waals surface area contributed by atoms with Gasteiger partial charge in [0.15, 0.2) is 11.5 Å². The molecule has 0 unspecified atom stereocenters. The van der Waals surface area contributed by atoms with Crippen LogP contribution >= 0.6 is 0 Å². The van der Waals surface area contributed by atoms with E-state index in [-0.39, 0.29) is 28.3 Å². The molecule has 2 aromatic heterocycles. The second-order valence-corrected chi connectivity index (χ2v) is 11.5. The van der Waals surface area contributed by atoms with Gasteiger partial charge in [0.2, 0.25) is 15.8 Å². The molecule has 0 spiro atoms. The Hall–Kier alpha value is -3.52. The number of aromatic nitrogens is 4. The van der Waals surface area contributed by atoms with Crippen molar-refractivity contribution in [3.63, 3.8) is 0 Å². The number of hydrogen-bond acceptors (Lipinski definition) is 7. The number of rotatable bonds is 5. The highest BCUT2D eigenvalue weighted by atomic mass is 32.2. The zero-order valence-corrected chi connectivity index (χ0v) is 20.6. The fourth-order valence-electron chi connectivity index (χ4n) is 3.18. The van der Waals surface area contributed by atoms with Crippen molar-refractivity contribution in [1.82, 2.24) is 20.0 Å². The summed E-state index contributed by atoms with van der Waals surface area (Å²) in [6, 6.07) is 11.3. The number of benzene rings is 1. The van der Waals surface area contributed by atoms with Crippen LogP contribution in [0.25, 0.3) is 5.69 Å². The van der Waals surface area contributed by atoms with Gasteiger partial charge in [-0.15, -0.1) is 10.2 Å². The van der Waals surface area contributed by atoms with E-state index in [4.69, 9.17) is 0 Å². The molecule has 3 rings (SSSR count). The summed E-state index contributed by atoms with van der Waals surface area (Å²) in [5.41, 5.74) is 1.54. The number of hydrogen-bond donors (Lipinski definition) is 2. The summed E-state index contributed by atoms with van der Waals surface area (Å²) in [5.74, 6) is 0.280. The van der Waals surface area contributed by atoms with Crippen LogP contribution in [0.1, 0.15) is 58.5 Å². The maximum absolute atomic E-state index is 12.2. The third-order valence-electron chi connectivity index (χ3n) is 4.71. The van der Waals surface area contributed by atoms with Gasteiger partial charge in [-0.05, 0) is 12.1 Å². The van der Waals surface area contributed by atoms with Crippen molar-refractivity contribution in [1.29, 1.82) is 5.26 Å². The fourth-order valence-corrected chi connectivity index (χ4v) is 3.72. The monoisotopic (exact) mass is 468 g/mol. The standard InChI is InChI=1S/C22H28N8O2S/c1-21(2,3)17-15(13-23)19(27-25-17)26-24-16-18(22(4,5)6)28-30(14-11-9-8-10-12-14)20(16)29-33(7,31)32/h8-12,29H,1-7H3,(H,25,27). The van der Waals surface area contributed by atoms with Crippen molar-refractivity contribution in [3.8, 4) is 11.8 Å². The smallest absolute Gasteiger partial charge is 0.231 e. The SMILES string of the molecule is CC(C)(C)c1nn(-c2ccccc2)c(NS(C)(=O)=O)c1N=Nc1n[nH]c(C(C)(C)C)c1C#N. The van der Waals surface area contributed by atoms with Crippen LogP contribution in [0.3, 0.4) is 0 Å². The Morgan fingerprint density at radius 3 is 2.21 bits per heavy atom.